The van der Waals surface area contributed by atoms with Gasteiger partial charge in [-0.2, -0.15) is 0 Å². The van der Waals surface area contributed by atoms with Gasteiger partial charge >= 0.3 is 0 Å². The third-order valence-electron chi connectivity index (χ3n) is 2.22. The summed E-state index contributed by atoms with van der Waals surface area (Å²) in [6, 6.07) is 7.32. The highest BCUT2D eigenvalue weighted by molar-refractivity contribution is 9.10. The number of aryl methyl sites for hydroxylation is 1. The highest BCUT2D eigenvalue weighted by Crippen LogP contribution is 2.20. The lowest BCUT2D eigenvalue weighted by atomic mass is 10.2. The molecular weight excluding hydrogens is 270 g/mol. The van der Waals surface area contributed by atoms with E-state index in [0.717, 1.165) is 15.7 Å². The van der Waals surface area contributed by atoms with Gasteiger partial charge in [-0.1, -0.05) is 15.9 Å². The van der Waals surface area contributed by atoms with Crippen LogP contribution in [0.15, 0.2) is 45.7 Å². The van der Waals surface area contributed by atoms with Crippen LogP contribution >= 0.6 is 15.9 Å². The van der Waals surface area contributed by atoms with E-state index in [1.165, 1.54) is 12.5 Å². The summed E-state index contributed by atoms with van der Waals surface area (Å²) < 4.78 is 5.85. The molecule has 0 aliphatic heterocycles. The molecule has 0 spiro atoms. The molecule has 2 rings (SSSR count). The molecule has 0 unspecified atom stereocenters. The van der Waals surface area contributed by atoms with Crippen LogP contribution in [0, 0.1) is 6.92 Å². The van der Waals surface area contributed by atoms with Gasteiger partial charge in [-0.05, 0) is 36.8 Å². The van der Waals surface area contributed by atoms with E-state index in [-0.39, 0.29) is 5.91 Å². The third-order valence-corrected chi connectivity index (χ3v) is 2.71. The van der Waals surface area contributed by atoms with Crippen LogP contribution < -0.4 is 5.32 Å². The van der Waals surface area contributed by atoms with Gasteiger partial charge in [-0.3, -0.25) is 4.79 Å². The Morgan fingerprint density at radius 1 is 1.38 bits per heavy atom. The van der Waals surface area contributed by atoms with E-state index in [1.807, 2.05) is 25.1 Å². The number of nitrogens with one attached hydrogen (secondary N) is 1. The number of furan rings is 1. The molecule has 0 aliphatic carbocycles. The Morgan fingerprint density at radius 3 is 2.81 bits per heavy atom. The number of anilines is 1. The first-order valence-corrected chi connectivity index (χ1v) is 5.56. The highest BCUT2D eigenvalue weighted by atomic mass is 79.9. The SMILES string of the molecule is Cc1cc(Br)ccc1NC(=O)c1ccoc1. The van der Waals surface area contributed by atoms with Crippen molar-refractivity contribution in [3.05, 3.63) is 52.4 Å². The maximum atomic E-state index is 11.7. The van der Waals surface area contributed by atoms with Crippen LogP contribution in [0.5, 0.6) is 0 Å². The molecule has 0 bridgehead atoms. The number of hydrogen-bond acceptors (Lipinski definition) is 2. The van der Waals surface area contributed by atoms with E-state index in [4.69, 9.17) is 4.42 Å². The second-order valence-electron chi connectivity index (χ2n) is 3.43. The van der Waals surface area contributed by atoms with E-state index in [0.29, 0.717) is 5.56 Å². The summed E-state index contributed by atoms with van der Waals surface area (Å²) in [7, 11) is 0. The highest BCUT2D eigenvalue weighted by Gasteiger charge is 2.08. The lowest BCUT2D eigenvalue weighted by Gasteiger charge is -2.07. The van der Waals surface area contributed by atoms with Gasteiger partial charge in [0, 0.05) is 10.2 Å². The molecule has 82 valence electrons. The van der Waals surface area contributed by atoms with Crippen LogP contribution in [0.1, 0.15) is 15.9 Å². The van der Waals surface area contributed by atoms with Crippen LogP contribution in [0.2, 0.25) is 0 Å². The molecule has 3 nitrogen and oxygen atoms in total. The largest absolute Gasteiger partial charge is 0.472 e. The van der Waals surface area contributed by atoms with Crippen molar-refractivity contribution in [1.29, 1.82) is 0 Å². The van der Waals surface area contributed by atoms with Crippen LogP contribution in [0.3, 0.4) is 0 Å². The zero-order chi connectivity index (χ0) is 11.5. The molecule has 1 N–H and O–H groups in total. The summed E-state index contributed by atoms with van der Waals surface area (Å²) in [6.45, 7) is 1.94. The van der Waals surface area contributed by atoms with Gasteiger partial charge in [0.25, 0.3) is 5.91 Å². The van der Waals surface area contributed by atoms with Crippen molar-refractivity contribution in [3.8, 4) is 0 Å². The van der Waals surface area contributed by atoms with Crippen molar-refractivity contribution in [2.45, 2.75) is 6.92 Å². The second kappa shape index (κ2) is 4.53. The van der Waals surface area contributed by atoms with Crippen LogP contribution in [0.25, 0.3) is 0 Å². The minimum Gasteiger partial charge on any atom is -0.472 e. The smallest absolute Gasteiger partial charge is 0.258 e. The Morgan fingerprint density at radius 2 is 2.19 bits per heavy atom. The Kier molecular flexibility index (Phi) is 3.10. The average molecular weight is 280 g/mol. The molecule has 1 amide bonds. The minimum absolute atomic E-state index is 0.167. The maximum Gasteiger partial charge on any atom is 0.258 e. The van der Waals surface area contributed by atoms with Crippen molar-refractivity contribution in [3.63, 3.8) is 0 Å². The number of carbonyl (C=O) groups is 1. The summed E-state index contributed by atoms with van der Waals surface area (Å²) in [5.74, 6) is -0.167. The van der Waals surface area contributed by atoms with E-state index in [9.17, 15) is 4.79 Å². The topological polar surface area (TPSA) is 42.2 Å². The monoisotopic (exact) mass is 279 g/mol. The normalized spacial score (nSPS) is 10.1. The Bertz CT molecular complexity index is 506. The molecule has 1 aromatic carbocycles. The zero-order valence-corrected chi connectivity index (χ0v) is 10.2. The summed E-state index contributed by atoms with van der Waals surface area (Å²) in [5, 5.41) is 2.82. The molecule has 0 radical (unpaired) electrons. The maximum absolute atomic E-state index is 11.7. The fourth-order valence-electron chi connectivity index (χ4n) is 1.36. The quantitative estimate of drug-likeness (QED) is 0.913. The predicted octanol–water partition coefficient (Wildman–Crippen LogP) is 3.60. The lowest BCUT2D eigenvalue weighted by molar-refractivity contribution is 0.102. The van der Waals surface area contributed by atoms with E-state index in [1.54, 1.807) is 6.07 Å². The van der Waals surface area contributed by atoms with Crippen molar-refractivity contribution in [2.24, 2.45) is 0 Å². The first-order valence-electron chi connectivity index (χ1n) is 4.76. The average Bonchev–Trinajstić information content (AvgIpc) is 2.75. The molecule has 1 heterocycles. The fourth-order valence-corrected chi connectivity index (χ4v) is 1.83. The van der Waals surface area contributed by atoms with Gasteiger partial charge in [-0.15, -0.1) is 0 Å². The molecular formula is C12H10BrNO2. The Hall–Kier alpha value is -1.55. The predicted molar refractivity (Wildman–Crippen MR) is 65.5 cm³/mol. The minimum atomic E-state index is -0.167. The molecule has 0 atom stereocenters. The summed E-state index contributed by atoms with van der Waals surface area (Å²) >= 11 is 3.37. The third kappa shape index (κ3) is 2.33. The van der Waals surface area contributed by atoms with Gasteiger partial charge in [0.1, 0.15) is 6.26 Å². The van der Waals surface area contributed by atoms with Crippen molar-refractivity contribution < 1.29 is 9.21 Å². The van der Waals surface area contributed by atoms with Gasteiger partial charge < -0.3 is 9.73 Å². The number of hydrogen-bond donors (Lipinski definition) is 1. The fraction of sp³-hybridized carbons (Fsp3) is 0.0833. The van der Waals surface area contributed by atoms with Crippen LogP contribution in [0.4, 0.5) is 5.69 Å². The summed E-state index contributed by atoms with van der Waals surface area (Å²) in [6.07, 6.45) is 2.90. The first kappa shape index (κ1) is 11.0. The van der Waals surface area contributed by atoms with Gasteiger partial charge in [0.15, 0.2) is 0 Å². The standard InChI is InChI=1S/C12H10BrNO2/c1-8-6-10(13)2-3-11(8)14-12(15)9-4-5-16-7-9/h2-7H,1H3,(H,14,15). The molecule has 0 fully saturated rings. The van der Waals surface area contributed by atoms with Crippen molar-refractivity contribution in [2.75, 3.05) is 5.32 Å². The van der Waals surface area contributed by atoms with Crippen molar-refractivity contribution in [1.82, 2.24) is 0 Å². The van der Waals surface area contributed by atoms with Gasteiger partial charge in [0.05, 0.1) is 11.8 Å². The van der Waals surface area contributed by atoms with Crippen LogP contribution in [-0.4, -0.2) is 5.91 Å². The number of benzene rings is 1. The number of amides is 1. The molecule has 2 aromatic rings. The number of carbonyl (C=O) groups excluding carboxylic acids is 1. The summed E-state index contributed by atoms with van der Waals surface area (Å²) in [5.41, 5.74) is 2.32. The summed E-state index contributed by atoms with van der Waals surface area (Å²) in [4.78, 5) is 11.7. The number of halogens is 1. The van der Waals surface area contributed by atoms with Gasteiger partial charge in [0.2, 0.25) is 0 Å². The zero-order valence-electron chi connectivity index (χ0n) is 8.66. The van der Waals surface area contributed by atoms with Gasteiger partial charge in [-0.25, -0.2) is 0 Å². The molecule has 0 saturated heterocycles. The van der Waals surface area contributed by atoms with E-state index in [2.05, 4.69) is 21.2 Å². The second-order valence-corrected chi connectivity index (χ2v) is 4.34. The Labute approximate surface area is 102 Å². The van der Waals surface area contributed by atoms with Crippen LogP contribution in [-0.2, 0) is 0 Å². The lowest BCUT2D eigenvalue weighted by Crippen LogP contribution is -2.11. The Balaban J connectivity index is 2.18. The van der Waals surface area contributed by atoms with E-state index < -0.39 is 0 Å². The van der Waals surface area contributed by atoms with E-state index >= 15 is 0 Å². The molecule has 0 aliphatic rings. The molecule has 0 saturated carbocycles. The first-order chi connectivity index (χ1) is 7.66. The number of rotatable bonds is 2. The van der Waals surface area contributed by atoms with Crippen molar-refractivity contribution >= 4 is 27.5 Å². The molecule has 16 heavy (non-hydrogen) atoms. The molecule has 1 aromatic heterocycles. The molecule has 4 heteroatoms.